The highest BCUT2D eigenvalue weighted by atomic mass is 19.4. The van der Waals surface area contributed by atoms with Crippen LogP contribution in [-0.2, 0) is 12.7 Å². The SMILES string of the molecule is CN(C)CCN(Cc1ccc(C#N)cc1)C(=O)Nc1ccc(C(F)(F)F)c(F)c1. The third kappa shape index (κ3) is 6.47. The summed E-state index contributed by atoms with van der Waals surface area (Å²) in [5, 5.41) is 11.3. The number of benzene rings is 2. The van der Waals surface area contributed by atoms with Gasteiger partial charge in [-0.15, -0.1) is 0 Å². The lowest BCUT2D eigenvalue weighted by Crippen LogP contribution is -2.39. The number of likely N-dealkylation sites (N-methyl/N-ethyl adjacent to an activating group) is 1. The first-order valence-corrected chi connectivity index (χ1v) is 8.66. The first kappa shape index (κ1) is 22.2. The van der Waals surface area contributed by atoms with Gasteiger partial charge in [0.1, 0.15) is 5.82 Å². The van der Waals surface area contributed by atoms with Gasteiger partial charge >= 0.3 is 12.2 Å². The van der Waals surface area contributed by atoms with Gasteiger partial charge in [-0.1, -0.05) is 12.1 Å². The fourth-order valence-electron chi connectivity index (χ4n) is 2.50. The van der Waals surface area contributed by atoms with Crippen molar-refractivity contribution in [2.45, 2.75) is 12.7 Å². The second-order valence-electron chi connectivity index (χ2n) is 6.66. The van der Waals surface area contributed by atoms with Crippen LogP contribution in [0.4, 0.5) is 28.0 Å². The molecule has 0 aliphatic carbocycles. The van der Waals surface area contributed by atoms with Crippen LogP contribution in [0.25, 0.3) is 0 Å². The number of anilines is 1. The van der Waals surface area contributed by atoms with Crippen LogP contribution in [0.2, 0.25) is 0 Å². The van der Waals surface area contributed by atoms with Crippen molar-refractivity contribution >= 4 is 11.7 Å². The Morgan fingerprint density at radius 2 is 1.76 bits per heavy atom. The average molecular weight is 408 g/mol. The molecule has 0 aliphatic heterocycles. The van der Waals surface area contributed by atoms with E-state index in [2.05, 4.69) is 5.32 Å². The molecule has 9 heteroatoms. The molecule has 0 atom stereocenters. The number of carbonyl (C=O) groups excluding carboxylic acids is 1. The van der Waals surface area contributed by atoms with E-state index in [9.17, 15) is 22.4 Å². The molecule has 0 aromatic heterocycles. The summed E-state index contributed by atoms with van der Waals surface area (Å²) in [6.45, 7) is 1.10. The lowest BCUT2D eigenvalue weighted by atomic mass is 10.1. The summed E-state index contributed by atoms with van der Waals surface area (Å²) in [7, 11) is 3.67. The Balaban J connectivity index is 2.16. The number of rotatable bonds is 6. The number of nitrogens with one attached hydrogen (secondary N) is 1. The summed E-state index contributed by atoms with van der Waals surface area (Å²) >= 11 is 0. The fraction of sp³-hybridized carbons (Fsp3) is 0.300. The van der Waals surface area contributed by atoms with Crippen molar-refractivity contribution in [3.05, 3.63) is 65.0 Å². The van der Waals surface area contributed by atoms with Gasteiger partial charge in [0, 0.05) is 25.3 Å². The zero-order valence-electron chi connectivity index (χ0n) is 15.9. The van der Waals surface area contributed by atoms with Gasteiger partial charge in [-0.05, 0) is 50.0 Å². The number of nitriles is 1. The largest absolute Gasteiger partial charge is 0.419 e. The monoisotopic (exact) mass is 408 g/mol. The average Bonchev–Trinajstić information content (AvgIpc) is 2.64. The lowest BCUT2D eigenvalue weighted by molar-refractivity contribution is -0.139. The molecule has 2 rings (SSSR count). The fourth-order valence-corrected chi connectivity index (χ4v) is 2.50. The second-order valence-corrected chi connectivity index (χ2v) is 6.66. The number of amides is 2. The van der Waals surface area contributed by atoms with Crippen molar-refractivity contribution in [3.8, 4) is 6.07 Å². The van der Waals surface area contributed by atoms with Gasteiger partial charge in [-0.3, -0.25) is 0 Å². The van der Waals surface area contributed by atoms with Crippen LogP contribution in [0.1, 0.15) is 16.7 Å². The topological polar surface area (TPSA) is 59.4 Å². The normalized spacial score (nSPS) is 11.2. The summed E-state index contributed by atoms with van der Waals surface area (Å²) in [4.78, 5) is 16.0. The first-order chi connectivity index (χ1) is 13.6. The molecular formula is C20H20F4N4O. The maximum absolute atomic E-state index is 13.8. The standard InChI is InChI=1S/C20H20F4N4O/c1-27(2)9-10-28(13-15-5-3-14(12-25)4-6-15)19(29)26-16-7-8-17(18(21)11-16)20(22,23)24/h3-8,11H,9-10,13H2,1-2H3,(H,26,29). The van der Waals surface area contributed by atoms with Gasteiger partial charge in [0.15, 0.2) is 0 Å². The number of urea groups is 1. The molecule has 0 unspecified atom stereocenters. The highest BCUT2D eigenvalue weighted by Crippen LogP contribution is 2.32. The zero-order chi connectivity index (χ0) is 21.6. The van der Waals surface area contributed by atoms with Crippen molar-refractivity contribution in [3.63, 3.8) is 0 Å². The summed E-state index contributed by atoms with van der Waals surface area (Å²) < 4.78 is 51.8. The van der Waals surface area contributed by atoms with E-state index >= 15 is 0 Å². The van der Waals surface area contributed by atoms with Crippen LogP contribution in [0.3, 0.4) is 0 Å². The van der Waals surface area contributed by atoms with Crippen LogP contribution in [0, 0.1) is 17.1 Å². The second kappa shape index (κ2) is 9.39. The van der Waals surface area contributed by atoms with E-state index in [1.165, 1.54) is 4.90 Å². The molecule has 0 bridgehead atoms. The highest BCUT2D eigenvalue weighted by Gasteiger charge is 2.34. The summed E-state index contributed by atoms with van der Waals surface area (Å²) in [6.07, 6.45) is -4.81. The van der Waals surface area contributed by atoms with E-state index in [1.807, 2.05) is 25.1 Å². The van der Waals surface area contributed by atoms with E-state index in [0.717, 1.165) is 11.6 Å². The predicted molar refractivity (Wildman–Crippen MR) is 101 cm³/mol. The van der Waals surface area contributed by atoms with Crippen LogP contribution < -0.4 is 5.32 Å². The van der Waals surface area contributed by atoms with Gasteiger partial charge in [-0.25, -0.2) is 9.18 Å². The van der Waals surface area contributed by atoms with Crippen molar-refractivity contribution in [1.29, 1.82) is 5.26 Å². The summed E-state index contributed by atoms with van der Waals surface area (Å²) in [6, 6.07) is 10.4. The lowest BCUT2D eigenvalue weighted by Gasteiger charge is -2.25. The van der Waals surface area contributed by atoms with E-state index in [0.29, 0.717) is 30.8 Å². The molecule has 5 nitrogen and oxygen atoms in total. The number of alkyl halides is 3. The van der Waals surface area contributed by atoms with Crippen molar-refractivity contribution in [2.24, 2.45) is 0 Å². The molecular weight excluding hydrogens is 388 g/mol. The summed E-state index contributed by atoms with van der Waals surface area (Å²) in [5.41, 5.74) is -0.206. The van der Waals surface area contributed by atoms with Gasteiger partial charge in [0.2, 0.25) is 0 Å². The molecule has 0 aliphatic rings. The van der Waals surface area contributed by atoms with Gasteiger partial charge in [-0.2, -0.15) is 18.4 Å². The van der Waals surface area contributed by atoms with E-state index < -0.39 is 23.6 Å². The zero-order valence-corrected chi connectivity index (χ0v) is 15.9. The van der Waals surface area contributed by atoms with Crippen LogP contribution >= 0.6 is 0 Å². The number of carbonyl (C=O) groups is 1. The van der Waals surface area contributed by atoms with E-state index in [4.69, 9.17) is 5.26 Å². The van der Waals surface area contributed by atoms with Crippen molar-refractivity contribution in [1.82, 2.24) is 9.80 Å². The number of nitrogens with zero attached hydrogens (tertiary/aromatic N) is 3. The first-order valence-electron chi connectivity index (χ1n) is 8.66. The van der Waals surface area contributed by atoms with Crippen molar-refractivity contribution in [2.75, 3.05) is 32.5 Å². The Morgan fingerprint density at radius 1 is 1.10 bits per heavy atom. The Labute approximate surface area is 166 Å². The maximum Gasteiger partial charge on any atom is 0.419 e. The molecule has 2 amide bonds. The Kier molecular flexibility index (Phi) is 7.18. The molecule has 1 N–H and O–H groups in total. The minimum Gasteiger partial charge on any atom is -0.319 e. The number of hydrogen-bond donors (Lipinski definition) is 1. The Hall–Kier alpha value is -3.12. The van der Waals surface area contributed by atoms with Crippen LogP contribution in [0.15, 0.2) is 42.5 Å². The molecule has 154 valence electrons. The number of halogens is 4. The third-order valence-electron chi connectivity index (χ3n) is 4.09. The summed E-state index contributed by atoms with van der Waals surface area (Å²) in [5.74, 6) is -1.46. The van der Waals surface area contributed by atoms with Crippen molar-refractivity contribution < 1.29 is 22.4 Å². The van der Waals surface area contributed by atoms with E-state index in [1.54, 1.807) is 24.3 Å². The molecule has 2 aromatic carbocycles. The minimum absolute atomic E-state index is 0.0739. The van der Waals surface area contributed by atoms with Crippen LogP contribution in [0.5, 0.6) is 0 Å². The molecule has 0 fully saturated rings. The Morgan fingerprint density at radius 3 is 2.28 bits per heavy atom. The van der Waals surface area contributed by atoms with Crippen LogP contribution in [-0.4, -0.2) is 43.0 Å². The van der Waals surface area contributed by atoms with Gasteiger partial charge < -0.3 is 15.1 Å². The molecule has 0 saturated heterocycles. The molecule has 0 saturated carbocycles. The molecule has 0 radical (unpaired) electrons. The quantitative estimate of drug-likeness (QED) is 0.725. The molecule has 0 spiro atoms. The minimum atomic E-state index is -4.81. The van der Waals surface area contributed by atoms with Gasteiger partial charge in [0.05, 0.1) is 17.2 Å². The molecule has 0 heterocycles. The number of hydrogen-bond acceptors (Lipinski definition) is 3. The smallest absolute Gasteiger partial charge is 0.319 e. The molecule has 29 heavy (non-hydrogen) atoms. The highest BCUT2D eigenvalue weighted by molar-refractivity contribution is 5.89. The predicted octanol–water partition coefficient (Wildman–Crippen LogP) is 4.31. The van der Waals surface area contributed by atoms with Gasteiger partial charge in [0.25, 0.3) is 0 Å². The Bertz CT molecular complexity index is 889. The maximum atomic E-state index is 13.8. The third-order valence-corrected chi connectivity index (χ3v) is 4.09. The van der Waals surface area contributed by atoms with E-state index in [-0.39, 0.29) is 12.2 Å². The molecule has 2 aromatic rings.